The first-order valence-electron chi connectivity index (χ1n) is 8.74. The summed E-state index contributed by atoms with van der Waals surface area (Å²) in [5, 5.41) is 5.23. The molecular weight excluding hydrogens is 375 g/mol. The Morgan fingerprint density at radius 2 is 1.69 bits per heavy atom. The number of nitrogens with zero attached hydrogens (tertiary/aromatic N) is 1. The summed E-state index contributed by atoms with van der Waals surface area (Å²) in [6.45, 7) is 1.81. The van der Waals surface area contributed by atoms with Gasteiger partial charge < -0.3 is 21.1 Å². The van der Waals surface area contributed by atoms with Crippen LogP contribution in [0.4, 0.5) is 21.6 Å². The van der Waals surface area contributed by atoms with E-state index < -0.39 is 17.6 Å². The number of anilines is 3. The maximum absolute atomic E-state index is 12.9. The number of aryl methyl sites for hydroxylation is 1. The summed E-state index contributed by atoms with van der Waals surface area (Å²) in [6.07, 6.45) is 1.18. The summed E-state index contributed by atoms with van der Waals surface area (Å²) in [6, 6.07) is 13.7. The van der Waals surface area contributed by atoms with Crippen molar-refractivity contribution in [3.8, 4) is 11.5 Å². The molecule has 8 heteroatoms. The molecular formula is C21H19FN4O3. The number of nitrogens with two attached hydrogens (primary N) is 1. The second kappa shape index (κ2) is 8.83. The smallest absolute Gasteiger partial charge is 0.233 e. The van der Waals surface area contributed by atoms with Crippen molar-refractivity contribution in [1.82, 2.24) is 4.98 Å². The maximum atomic E-state index is 12.9. The van der Waals surface area contributed by atoms with Gasteiger partial charge in [0.2, 0.25) is 11.8 Å². The molecule has 1 heterocycles. The molecule has 2 aromatic carbocycles. The van der Waals surface area contributed by atoms with Crippen LogP contribution in [0.3, 0.4) is 0 Å². The number of benzene rings is 2. The number of pyridine rings is 1. The van der Waals surface area contributed by atoms with Crippen molar-refractivity contribution in [1.29, 1.82) is 0 Å². The highest BCUT2D eigenvalue weighted by Crippen LogP contribution is 2.26. The monoisotopic (exact) mass is 394 g/mol. The van der Waals surface area contributed by atoms with Gasteiger partial charge in [0.1, 0.15) is 29.6 Å². The average Bonchev–Trinajstić information content (AvgIpc) is 2.66. The van der Waals surface area contributed by atoms with Crippen molar-refractivity contribution >= 4 is 29.0 Å². The van der Waals surface area contributed by atoms with Gasteiger partial charge in [0.25, 0.3) is 0 Å². The normalized spacial score (nSPS) is 10.3. The van der Waals surface area contributed by atoms with Gasteiger partial charge in [0, 0.05) is 23.6 Å². The Hall–Kier alpha value is -3.94. The molecule has 0 saturated carbocycles. The van der Waals surface area contributed by atoms with E-state index in [1.807, 2.05) is 6.92 Å². The Morgan fingerprint density at radius 3 is 2.38 bits per heavy atom. The first kappa shape index (κ1) is 19.8. The van der Waals surface area contributed by atoms with Gasteiger partial charge in [-0.3, -0.25) is 9.59 Å². The Bertz CT molecular complexity index is 1040. The lowest BCUT2D eigenvalue weighted by Crippen LogP contribution is -2.21. The quantitative estimate of drug-likeness (QED) is 0.550. The zero-order valence-corrected chi connectivity index (χ0v) is 15.6. The summed E-state index contributed by atoms with van der Waals surface area (Å²) in [4.78, 5) is 28.0. The molecule has 0 spiro atoms. The predicted molar refractivity (Wildman–Crippen MR) is 108 cm³/mol. The minimum atomic E-state index is -0.498. The average molecular weight is 394 g/mol. The van der Waals surface area contributed by atoms with E-state index >= 15 is 0 Å². The minimum Gasteiger partial charge on any atom is -0.457 e. The van der Waals surface area contributed by atoms with E-state index in [4.69, 9.17) is 10.5 Å². The Morgan fingerprint density at radius 1 is 1.00 bits per heavy atom. The van der Waals surface area contributed by atoms with Gasteiger partial charge in [-0.1, -0.05) is 0 Å². The lowest BCUT2D eigenvalue weighted by Gasteiger charge is -2.11. The molecule has 7 nitrogen and oxygen atoms in total. The van der Waals surface area contributed by atoms with E-state index in [0.717, 1.165) is 5.56 Å². The fourth-order valence-electron chi connectivity index (χ4n) is 2.55. The highest BCUT2D eigenvalue weighted by Gasteiger charge is 2.12. The molecule has 4 N–H and O–H groups in total. The third kappa shape index (κ3) is 5.77. The molecule has 0 aliphatic heterocycles. The minimum absolute atomic E-state index is 0.349. The summed E-state index contributed by atoms with van der Waals surface area (Å²) in [7, 11) is 0. The van der Waals surface area contributed by atoms with Gasteiger partial charge in [-0.25, -0.2) is 9.37 Å². The standard InChI is InChI=1S/C21H19FN4O3/c1-13-10-16(29-17-8-9-24-19(23)11-17)6-7-18(13)26-21(28)12-20(27)25-15-4-2-14(22)3-5-15/h2-11H,12H2,1H3,(H2,23,24)(H,25,27)(H,26,28). The zero-order chi connectivity index (χ0) is 20.8. The highest BCUT2D eigenvalue weighted by molar-refractivity contribution is 6.08. The van der Waals surface area contributed by atoms with Crippen molar-refractivity contribution < 1.29 is 18.7 Å². The number of carbonyl (C=O) groups excluding carboxylic acids is 2. The molecule has 0 radical (unpaired) electrons. The van der Waals surface area contributed by atoms with Gasteiger partial charge in [0.15, 0.2) is 0 Å². The second-order valence-corrected chi connectivity index (χ2v) is 6.28. The summed E-state index contributed by atoms with van der Waals surface area (Å²) < 4.78 is 18.6. The van der Waals surface area contributed by atoms with E-state index in [-0.39, 0.29) is 6.42 Å². The molecule has 0 aliphatic carbocycles. The van der Waals surface area contributed by atoms with Crippen molar-refractivity contribution in [2.24, 2.45) is 0 Å². The molecule has 0 fully saturated rings. The van der Waals surface area contributed by atoms with E-state index in [1.165, 1.54) is 24.3 Å². The van der Waals surface area contributed by atoms with Gasteiger partial charge in [0.05, 0.1) is 0 Å². The fourth-order valence-corrected chi connectivity index (χ4v) is 2.55. The van der Waals surface area contributed by atoms with Crippen LogP contribution < -0.4 is 21.1 Å². The van der Waals surface area contributed by atoms with Gasteiger partial charge >= 0.3 is 0 Å². The fraction of sp³-hybridized carbons (Fsp3) is 0.0952. The van der Waals surface area contributed by atoms with Crippen LogP contribution in [0.25, 0.3) is 0 Å². The number of nitrogen functional groups attached to an aromatic ring is 1. The number of carbonyl (C=O) groups is 2. The molecule has 0 saturated heterocycles. The molecule has 0 bridgehead atoms. The third-order valence-corrected chi connectivity index (χ3v) is 3.91. The molecule has 2 amide bonds. The molecule has 0 aliphatic rings. The lowest BCUT2D eigenvalue weighted by molar-refractivity contribution is -0.123. The Kier molecular flexibility index (Phi) is 6.03. The summed E-state index contributed by atoms with van der Waals surface area (Å²) in [5.41, 5.74) is 7.37. The zero-order valence-electron chi connectivity index (χ0n) is 15.6. The number of hydrogen-bond acceptors (Lipinski definition) is 5. The SMILES string of the molecule is Cc1cc(Oc2ccnc(N)c2)ccc1NC(=O)CC(=O)Nc1ccc(F)cc1. The van der Waals surface area contributed by atoms with E-state index in [1.54, 1.807) is 36.5 Å². The van der Waals surface area contributed by atoms with Crippen molar-refractivity contribution in [3.63, 3.8) is 0 Å². The lowest BCUT2D eigenvalue weighted by atomic mass is 10.2. The molecule has 0 unspecified atom stereocenters. The molecule has 29 heavy (non-hydrogen) atoms. The highest BCUT2D eigenvalue weighted by atomic mass is 19.1. The molecule has 3 aromatic rings. The number of nitrogens with one attached hydrogen (secondary N) is 2. The predicted octanol–water partition coefficient (Wildman–Crippen LogP) is 3.87. The van der Waals surface area contributed by atoms with Crippen LogP contribution in [-0.2, 0) is 9.59 Å². The molecule has 1 aromatic heterocycles. The van der Waals surface area contributed by atoms with E-state index in [9.17, 15) is 14.0 Å². The van der Waals surface area contributed by atoms with Crippen molar-refractivity contribution in [3.05, 3.63) is 72.2 Å². The van der Waals surface area contributed by atoms with Gasteiger partial charge in [-0.15, -0.1) is 0 Å². The van der Waals surface area contributed by atoms with E-state index in [2.05, 4.69) is 15.6 Å². The van der Waals surface area contributed by atoms with Crippen LogP contribution in [0.5, 0.6) is 11.5 Å². The first-order valence-corrected chi connectivity index (χ1v) is 8.74. The van der Waals surface area contributed by atoms with Crippen LogP contribution in [0, 0.1) is 12.7 Å². The molecule has 3 rings (SSSR count). The van der Waals surface area contributed by atoms with E-state index in [0.29, 0.717) is 28.7 Å². The summed E-state index contributed by atoms with van der Waals surface area (Å²) in [5.74, 6) is 0.0923. The van der Waals surface area contributed by atoms with Crippen LogP contribution in [0.1, 0.15) is 12.0 Å². The Labute approximate surface area is 166 Å². The first-order chi connectivity index (χ1) is 13.9. The van der Waals surface area contributed by atoms with Crippen LogP contribution in [0.2, 0.25) is 0 Å². The van der Waals surface area contributed by atoms with Crippen molar-refractivity contribution in [2.75, 3.05) is 16.4 Å². The second-order valence-electron chi connectivity index (χ2n) is 6.28. The largest absolute Gasteiger partial charge is 0.457 e. The number of halogens is 1. The number of rotatable bonds is 6. The van der Waals surface area contributed by atoms with Crippen LogP contribution in [0.15, 0.2) is 60.8 Å². The van der Waals surface area contributed by atoms with Crippen molar-refractivity contribution in [2.45, 2.75) is 13.3 Å². The number of aromatic nitrogens is 1. The van der Waals surface area contributed by atoms with Crippen LogP contribution in [-0.4, -0.2) is 16.8 Å². The van der Waals surface area contributed by atoms with Crippen LogP contribution >= 0.6 is 0 Å². The third-order valence-electron chi connectivity index (χ3n) is 3.91. The Balaban J connectivity index is 1.57. The summed E-state index contributed by atoms with van der Waals surface area (Å²) >= 11 is 0. The van der Waals surface area contributed by atoms with Gasteiger partial charge in [-0.2, -0.15) is 0 Å². The number of ether oxygens (including phenoxy) is 1. The topological polar surface area (TPSA) is 106 Å². The maximum Gasteiger partial charge on any atom is 0.233 e. The molecule has 0 atom stereocenters. The van der Waals surface area contributed by atoms with Gasteiger partial charge in [-0.05, 0) is 61.0 Å². The number of amides is 2. The number of hydrogen-bond donors (Lipinski definition) is 3. The molecule has 148 valence electrons.